The Bertz CT molecular complexity index is 528. The summed E-state index contributed by atoms with van der Waals surface area (Å²) in [6, 6.07) is 3.21. The molecular weight excluding hydrogens is 229 g/mol. The van der Waals surface area contributed by atoms with E-state index in [4.69, 9.17) is 4.42 Å². The molecule has 1 heterocycles. The van der Waals surface area contributed by atoms with Crippen molar-refractivity contribution in [3.63, 3.8) is 0 Å². The Morgan fingerprint density at radius 3 is 3.00 bits per heavy atom. The van der Waals surface area contributed by atoms with Crippen molar-refractivity contribution >= 4 is 11.4 Å². The van der Waals surface area contributed by atoms with Crippen LogP contribution in [0, 0.1) is 15.9 Å². The molecule has 0 amide bonds. The third-order valence-corrected chi connectivity index (χ3v) is 2.09. The van der Waals surface area contributed by atoms with Gasteiger partial charge in [0.05, 0.1) is 17.7 Å². The van der Waals surface area contributed by atoms with E-state index in [1.165, 1.54) is 12.6 Å². The second-order valence-corrected chi connectivity index (χ2v) is 3.24. The maximum Gasteiger partial charge on any atom is 0.292 e. The highest BCUT2D eigenvalue weighted by molar-refractivity contribution is 5.61. The van der Waals surface area contributed by atoms with Gasteiger partial charge in [-0.3, -0.25) is 10.1 Å². The van der Waals surface area contributed by atoms with Crippen LogP contribution in [0.4, 0.5) is 15.8 Å². The third kappa shape index (κ3) is 2.57. The summed E-state index contributed by atoms with van der Waals surface area (Å²) in [5.41, 5.74) is -0.0858. The minimum absolute atomic E-state index is 0.103. The van der Waals surface area contributed by atoms with Crippen LogP contribution in [-0.2, 0) is 6.54 Å². The number of benzene rings is 1. The van der Waals surface area contributed by atoms with E-state index in [0.717, 1.165) is 18.2 Å². The molecule has 0 aliphatic heterocycles. The highest BCUT2D eigenvalue weighted by Gasteiger charge is 2.14. The van der Waals surface area contributed by atoms with Crippen molar-refractivity contribution < 1.29 is 13.7 Å². The van der Waals surface area contributed by atoms with E-state index < -0.39 is 10.7 Å². The van der Waals surface area contributed by atoms with E-state index in [-0.39, 0.29) is 17.9 Å². The van der Waals surface area contributed by atoms with E-state index >= 15 is 0 Å². The minimum Gasteiger partial charge on any atom is -0.447 e. The lowest BCUT2D eigenvalue weighted by Gasteiger charge is -2.04. The molecule has 17 heavy (non-hydrogen) atoms. The SMILES string of the molecule is O=[N+]([O-])c1ccc(F)cc1NCc1cnco1. The number of rotatable bonds is 4. The monoisotopic (exact) mass is 237 g/mol. The standard InChI is InChI=1S/C10H8FN3O3/c11-7-1-2-10(14(15)16)9(3-7)13-5-8-4-12-6-17-8/h1-4,6,13H,5H2. The van der Waals surface area contributed by atoms with Crippen LogP contribution in [-0.4, -0.2) is 9.91 Å². The van der Waals surface area contributed by atoms with Gasteiger partial charge in [0.15, 0.2) is 6.39 Å². The number of anilines is 1. The van der Waals surface area contributed by atoms with Gasteiger partial charge in [-0.2, -0.15) is 0 Å². The molecule has 0 aliphatic carbocycles. The van der Waals surface area contributed by atoms with Crippen molar-refractivity contribution in [3.8, 4) is 0 Å². The van der Waals surface area contributed by atoms with Crippen LogP contribution in [0.2, 0.25) is 0 Å². The lowest BCUT2D eigenvalue weighted by Crippen LogP contribution is -2.02. The largest absolute Gasteiger partial charge is 0.447 e. The maximum absolute atomic E-state index is 13.0. The zero-order valence-corrected chi connectivity index (χ0v) is 8.59. The number of nitro benzene ring substituents is 1. The molecule has 2 rings (SSSR count). The second-order valence-electron chi connectivity index (χ2n) is 3.24. The third-order valence-electron chi connectivity index (χ3n) is 2.09. The summed E-state index contributed by atoms with van der Waals surface area (Å²) < 4.78 is 17.9. The highest BCUT2D eigenvalue weighted by Crippen LogP contribution is 2.25. The molecule has 0 unspecified atom stereocenters. The van der Waals surface area contributed by atoms with Gasteiger partial charge in [-0.15, -0.1) is 0 Å². The van der Waals surface area contributed by atoms with Crippen LogP contribution in [0.25, 0.3) is 0 Å². The molecule has 1 N–H and O–H groups in total. The molecule has 0 atom stereocenters. The molecule has 0 radical (unpaired) electrons. The maximum atomic E-state index is 13.0. The Kier molecular flexibility index (Phi) is 2.99. The quantitative estimate of drug-likeness (QED) is 0.651. The number of hydrogen-bond acceptors (Lipinski definition) is 5. The van der Waals surface area contributed by atoms with E-state index in [1.54, 1.807) is 0 Å². The first-order chi connectivity index (χ1) is 8.16. The van der Waals surface area contributed by atoms with Crippen molar-refractivity contribution in [1.82, 2.24) is 4.98 Å². The lowest BCUT2D eigenvalue weighted by molar-refractivity contribution is -0.384. The van der Waals surface area contributed by atoms with Gasteiger partial charge in [0.2, 0.25) is 0 Å². The zero-order valence-electron chi connectivity index (χ0n) is 8.59. The average molecular weight is 237 g/mol. The Hall–Kier alpha value is -2.44. The molecule has 1 aromatic heterocycles. The average Bonchev–Trinajstić information content (AvgIpc) is 2.78. The highest BCUT2D eigenvalue weighted by atomic mass is 19.1. The van der Waals surface area contributed by atoms with E-state index in [1.807, 2.05) is 0 Å². The summed E-state index contributed by atoms with van der Waals surface area (Å²) >= 11 is 0. The number of nitrogens with zero attached hydrogens (tertiary/aromatic N) is 2. The Morgan fingerprint density at radius 2 is 2.35 bits per heavy atom. The summed E-state index contributed by atoms with van der Waals surface area (Å²) in [5.74, 6) is -0.0424. The zero-order chi connectivity index (χ0) is 12.3. The molecule has 88 valence electrons. The molecular formula is C10H8FN3O3. The molecule has 1 aromatic carbocycles. The second kappa shape index (κ2) is 4.60. The number of nitro groups is 1. The van der Waals surface area contributed by atoms with Crippen molar-refractivity contribution in [2.24, 2.45) is 0 Å². The van der Waals surface area contributed by atoms with Crippen LogP contribution >= 0.6 is 0 Å². The summed E-state index contributed by atoms with van der Waals surface area (Å²) in [4.78, 5) is 13.8. The predicted molar refractivity (Wildman–Crippen MR) is 56.9 cm³/mol. The summed E-state index contributed by atoms with van der Waals surface area (Å²) in [5, 5.41) is 13.4. The van der Waals surface area contributed by atoms with Crippen molar-refractivity contribution in [1.29, 1.82) is 0 Å². The van der Waals surface area contributed by atoms with Crippen LogP contribution < -0.4 is 5.32 Å². The van der Waals surface area contributed by atoms with Crippen molar-refractivity contribution in [3.05, 3.63) is 52.5 Å². The number of aromatic nitrogens is 1. The van der Waals surface area contributed by atoms with Gasteiger partial charge >= 0.3 is 0 Å². The van der Waals surface area contributed by atoms with E-state index in [0.29, 0.717) is 5.76 Å². The topological polar surface area (TPSA) is 81.2 Å². The number of hydrogen-bond donors (Lipinski definition) is 1. The number of halogens is 1. The molecule has 0 spiro atoms. The Labute approximate surface area is 95.2 Å². The Balaban J connectivity index is 2.19. The fraction of sp³-hybridized carbons (Fsp3) is 0.100. The Morgan fingerprint density at radius 1 is 1.53 bits per heavy atom. The van der Waals surface area contributed by atoms with Gasteiger partial charge in [0.25, 0.3) is 5.69 Å². The van der Waals surface area contributed by atoms with Crippen LogP contribution in [0.5, 0.6) is 0 Å². The first-order valence-electron chi connectivity index (χ1n) is 4.72. The first-order valence-corrected chi connectivity index (χ1v) is 4.72. The smallest absolute Gasteiger partial charge is 0.292 e. The lowest BCUT2D eigenvalue weighted by atomic mass is 10.2. The molecule has 6 nitrogen and oxygen atoms in total. The van der Waals surface area contributed by atoms with Crippen LogP contribution in [0.3, 0.4) is 0 Å². The van der Waals surface area contributed by atoms with Crippen LogP contribution in [0.15, 0.2) is 35.2 Å². The molecule has 0 fully saturated rings. The summed E-state index contributed by atoms with van der Waals surface area (Å²) in [6.07, 6.45) is 2.72. The van der Waals surface area contributed by atoms with Gasteiger partial charge in [-0.1, -0.05) is 0 Å². The van der Waals surface area contributed by atoms with E-state index in [2.05, 4.69) is 10.3 Å². The molecule has 7 heteroatoms. The van der Waals surface area contributed by atoms with E-state index in [9.17, 15) is 14.5 Å². The number of nitrogens with one attached hydrogen (secondary N) is 1. The van der Waals surface area contributed by atoms with Gasteiger partial charge in [0.1, 0.15) is 17.3 Å². The first kappa shape index (κ1) is 11.1. The molecule has 0 aliphatic rings. The van der Waals surface area contributed by atoms with Crippen molar-refractivity contribution in [2.45, 2.75) is 6.54 Å². The van der Waals surface area contributed by atoms with Gasteiger partial charge < -0.3 is 9.73 Å². The van der Waals surface area contributed by atoms with Crippen LogP contribution in [0.1, 0.15) is 5.76 Å². The molecule has 2 aromatic rings. The summed E-state index contributed by atoms with van der Waals surface area (Å²) in [6.45, 7) is 0.199. The van der Waals surface area contributed by atoms with Gasteiger partial charge in [-0.05, 0) is 6.07 Å². The van der Waals surface area contributed by atoms with Crippen molar-refractivity contribution in [2.75, 3.05) is 5.32 Å². The predicted octanol–water partition coefficient (Wildman–Crippen LogP) is 2.33. The fourth-order valence-electron chi connectivity index (χ4n) is 1.32. The minimum atomic E-state index is -0.581. The molecule has 0 saturated heterocycles. The summed E-state index contributed by atoms with van der Waals surface area (Å²) in [7, 11) is 0. The molecule has 0 saturated carbocycles. The van der Waals surface area contributed by atoms with Gasteiger partial charge in [0, 0.05) is 12.1 Å². The van der Waals surface area contributed by atoms with Gasteiger partial charge in [-0.25, -0.2) is 9.37 Å². The molecule has 0 bridgehead atoms. The normalized spacial score (nSPS) is 10.2. The number of oxazole rings is 1. The fourth-order valence-corrected chi connectivity index (χ4v) is 1.32.